The van der Waals surface area contributed by atoms with Crippen molar-refractivity contribution in [3.63, 3.8) is 0 Å². The lowest BCUT2D eigenvalue weighted by atomic mass is 10.00. The molecule has 14 heavy (non-hydrogen) atoms. The van der Waals surface area contributed by atoms with Crippen LogP contribution in [0.1, 0.15) is 43.3 Å². The lowest BCUT2D eigenvalue weighted by molar-refractivity contribution is 0.645. The third kappa shape index (κ3) is 2.44. The zero-order chi connectivity index (χ0) is 10.7. The number of aryl methyl sites for hydroxylation is 2. The highest BCUT2D eigenvalue weighted by Gasteiger charge is 2.18. The van der Waals surface area contributed by atoms with Crippen molar-refractivity contribution in [2.45, 2.75) is 45.4 Å². The van der Waals surface area contributed by atoms with E-state index < -0.39 is 0 Å². The fraction of sp³-hybridized carbons (Fsp3) is 0.636. The van der Waals surface area contributed by atoms with Crippen LogP contribution in [-0.4, -0.2) is 15.3 Å². The first-order chi connectivity index (χ1) is 6.56. The number of aromatic nitrogens is 2. The maximum atomic E-state index is 6.21. The molecule has 0 aromatic carbocycles. The first-order valence-corrected chi connectivity index (χ1v) is 5.44. The molecule has 0 aliphatic carbocycles. The summed E-state index contributed by atoms with van der Waals surface area (Å²) in [5.74, 6) is 0.272. The van der Waals surface area contributed by atoms with E-state index in [1.807, 2.05) is 13.8 Å². The molecule has 0 saturated heterocycles. The van der Waals surface area contributed by atoms with Crippen molar-refractivity contribution >= 4 is 11.6 Å². The van der Waals surface area contributed by atoms with E-state index in [4.69, 9.17) is 11.6 Å². The van der Waals surface area contributed by atoms with E-state index in [1.165, 1.54) is 0 Å². The van der Waals surface area contributed by atoms with Crippen molar-refractivity contribution < 1.29 is 0 Å². The zero-order valence-electron chi connectivity index (χ0n) is 9.21. The third-order valence-corrected chi connectivity index (χ3v) is 3.16. The van der Waals surface area contributed by atoms with Gasteiger partial charge < -0.3 is 0 Å². The van der Waals surface area contributed by atoms with Gasteiger partial charge >= 0.3 is 0 Å². The number of rotatable bonds is 3. The average Bonchev–Trinajstić information content (AvgIpc) is 2.19. The number of hydrogen-bond donors (Lipinski definition) is 0. The topological polar surface area (TPSA) is 25.8 Å². The molecule has 2 atom stereocenters. The fourth-order valence-electron chi connectivity index (χ4n) is 1.51. The van der Waals surface area contributed by atoms with Crippen LogP contribution in [0.3, 0.4) is 0 Å². The Bertz CT molecular complexity index is 312. The Hall–Kier alpha value is -0.630. The Morgan fingerprint density at radius 2 is 2.07 bits per heavy atom. The standard InChI is InChI=1S/C11H17ClN2/c1-5-10(12)8(3)11-9(4)13-6-7(2)14-11/h6,8,10H,5H2,1-4H3. The summed E-state index contributed by atoms with van der Waals surface area (Å²) < 4.78 is 0. The van der Waals surface area contributed by atoms with Gasteiger partial charge in [0.15, 0.2) is 0 Å². The van der Waals surface area contributed by atoms with Gasteiger partial charge in [0.05, 0.1) is 17.1 Å². The quantitative estimate of drug-likeness (QED) is 0.720. The number of nitrogens with zero attached hydrogens (tertiary/aromatic N) is 2. The largest absolute Gasteiger partial charge is 0.258 e. The molecule has 0 bridgehead atoms. The second-order valence-corrected chi connectivity index (χ2v) is 4.26. The summed E-state index contributed by atoms with van der Waals surface area (Å²) in [6, 6.07) is 0. The van der Waals surface area contributed by atoms with E-state index in [-0.39, 0.29) is 11.3 Å². The van der Waals surface area contributed by atoms with Crippen molar-refractivity contribution in [2.24, 2.45) is 0 Å². The van der Waals surface area contributed by atoms with Gasteiger partial charge in [-0.25, -0.2) is 0 Å². The Kier molecular flexibility index (Phi) is 3.87. The molecule has 0 radical (unpaired) electrons. The van der Waals surface area contributed by atoms with Crippen molar-refractivity contribution in [3.05, 3.63) is 23.3 Å². The maximum absolute atomic E-state index is 6.21. The summed E-state index contributed by atoms with van der Waals surface area (Å²) >= 11 is 6.21. The summed E-state index contributed by atoms with van der Waals surface area (Å²) in [5.41, 5.74) is 2.98. The van der Waals surface area contributed by atoms with Gasteiger partial charge in [0.1, 0.15) is 0 Å². The molecule has 78 valence electrons. The predicted octanol–water partition coefficient (Wildman–Crippen LogP) is 3.21. The molecular formula is C11H17ClN2. The van der Waals surface area contributed by atoms with Crippen LogP contribution in [0.2, 0.25) is 0 Å². The van der Waals surface area contributed by atoms with Crippen LogP contribution < -0.4 is 0 Å². The van der Waals surface area contributed by atoms with Crippen LogP contribution in [-0.2, 0) is 0 Å². The smallest absolute Gasteiger partial charge is 0.0661 e. The molecule has 0 saturated carbocycles. The van der Waals surface area contributed by atoms with Crippen molar-refractivity contribution in [1.29, 1.82) is 0 Å². The van der Waals surface area contributed by atoms with E-state index >= 15 is 0 Å². The molecule has 0 amide bonds. The predicted molar refractivity (Wildman–Crippen MR) is 59.9 cm³/mol. The highest BCUT2D eigenvalue weighted by molar-refractivity contribution is 6.21. The van der Waals surface area contributed by atoms with E-state index in [1.54, 1.807) is 6.20 Å². The third-order valence-electron chi connectivity index (χ3n) is 2.48. The van der Waals surface area contributed by atoms with Crippen LogP contribution >= 0.6 is 11.6 Å². The molecule has 1 aromatic heterocycles. The second-order valence-electron chi connectivity index (χ2n) is 3.69. The van der Waals surface area contributed by atoms with Gasteiger partial charge in [-0.2, -0.15) is 0 Å². The van der Waals surface area contributed by atoms with Crippen LogP contribution in [0.4, 0.5) is 0 Å². The summed E-state index contributed by atoms with van der Waals surface area (Å²) in [5, 5.41) is 0.143. The number of halogens is 1. The van der Waals surface area contributed by atoms with Gasteiger partial charge in [-0.05, 0) is 20.3 Å². The monoisotopic (exact) mass is 212 g/mol. The summed E-state index contributed by atoms with van der Waals surface area (Å²) in [6.07, 6.45) is 2.75. The van der Waals surface area contributed by atoms with Gasteiger partial charge in [0.2, 0.25) is 0 Å². The Morgan fingerprint density at radius 3 is 2.64 bits per heavy atom. The van der Waals surface area contributed by atoms with Gasteiger partial charge in [0.25, 0.3) is 0 Å². The van der Waals surface area contributed by atoms with Gasteiger partial charge in [0, 0.05) is 17.5 Å². The molecule has 1 aromatic rings. The van der Waals surface area contributed by atoms with Crippen molar-refractivity contribution in [3.8, 4) is 0 Å². The van der Waals surface area contributed by atoms with E-state index in [9.17, 15) is 0 Å². The van der Waals surface area contributed by atoms with E-state index in [0.29, 0.717) is 0 Å². The summed E-state index contributed by atoms with van der Waals surface area (Å²) in [4.78, 5) is 8.79. The molecule has 0 aliphatic heterocycles. The molecule has 1 rings (SSSR count). The normalized spacial score (nSPS) is 15.2. The van der Waals surface area contributed by atoms with Crippen LogP contribution in [0, 0.1) is 13.8 Å². The summed E-state index contributed by atoms with van der Waals surface area (Å²) in [6.45, 7) is 8.14. The van der Waals surface area contributed by atoms with Crippen LogP contribution in [0.25, 0.3) is 0 Å². The minimum absolute atomic E-state index is 0.143. The molecule has 1 heterocycles. The Balaban J connectivity index is 2.99. The van der Waals surface area contributed by atoms with Crippen LogP contribution in [0.5, 0.6) is 0 Å². The second kappa shape index (κ2) is 4.74. The Labute approximate surface area is 90.7 Å². The summed E-state index contributed by atoms with van der Waals surface area (Å²) in [7, 11) is 0. The highest BCUT2D eigenvalue weighted by atomic mass is 35.5. The average molecular weight is 213 g/mol. The van der Waals surface area contributed by atoms with Gasteiger partial charge in [-0.1, -0.05) is 13.8 Å². The number of hydrogen-bond acceptors (Lipinski definition) is 2. The molecule has 2 nitrogen and oxygen atoms in total. The Morgan fingerprint density at radius 1 is 1.43 bits per heavy atom. The first-order valence-electron chi connectivity index (χ1n) is 5.00. The molecule has 3 heteroatoms. The van der Waals surface area contributed by atoms with Crippen LogP contribution in [0.15, 0.2) is 6.20 Å². The number of alkyl halides is 1. The van der Waals surface area contributed by atoms with E-state index in [0.717, 1.165) is 23.5 Å². The van der Waals surface area contributed by atoms with Gasteiger partial charge in [-0.3, -0.25) is 9.97 Å². The minimum Gasteiger partial charge on any atom is -0.258 e. The molecular weight excluding hydrogens is 196 g/mol. The SMILES string of the molecule is CCC(Cl)C(C)c1nc(C)cnc1C. The lowest BCUT2D eigenvalue weighted by Crippen LogP contribution is -2.13. The molecule has 0 aliphatic rings. The highest BCUT2D eigenvalue weighted by Crippen LogP contribution is 2.25. The fourth-order valence-corrected chi connectivity index (χ4v) is 1.63. The molecule has 0 fully saturated rings. The lowest BCUT2D eigenvalue weighted by Gasteiger charge is -2.17. The van der Waals surface area contributed by atoms with Crippen molar-refractivity contribution in [2.75, 3.05) is 0 Å². The minimum atomic E-state index is 0.143. The molecule has 2 unspecified atom stereocenters. The van der Waals surface area contributed by atoms with E-state index in [2.05, 4.69) is 23.8 Å². The molecule has 0 spiro atoms. The first kappa shape index (κ1) is 11.4. The maximum Gasteiger partial charge on any atom is 0.0661 e. The van der Waals surface area contributed by atoms with Gasteiger partial charge in [-0.15, -0.1) is 11.6 Å². The zero-order valence-corrected chi connectivity index (χ0v) is 9.97. The van der Waals surface area contributed by atoms with Crippen molar-refractivity contribution in [1.82, 2.24) is 9.97 Å². The molecule has 0 N–H and O–H groups in total.